The smallest absolute Gasteiger partial charge is 0.355 e. The zero-order valence-corrected chi connectivity index (χ0v) is 21.3. The van der Waals surface area contributed by atoms with Crippen LogP contribution in [0.4, 0.5) is 5.69 Å². The molecule has 0 saturated carbocycles. The van der Waals surface area contributed by atoms with Crippen molar-refractivity contribution in [3.63, 3.8) is 0 Å². The van der Waals surface area contributed by atoms with Crippen LogP contribution in [0.15, 0.2) is 81.7 Å². The number of benzene rings is 2. The van der Waals surface area contributed by atoms with Crippen LogP contribution in [-0.4, -0.2) is 36.4 Å². The van der Waals surface area contributed by atoms with Crippen molar-refractivity contribution in [2.45, 2.75) is 32.1 Å². The Bertz CT molecular complexity index is 1430. The minimum Gasteiger partial charge on any atom is -0.466 e. The Morgan fingerprint density at radius 2 is 1.74 bits per heavy atom. The van der Waals surface area contributed by atoms with E-state index in [-0.39, 0.29) is 22.7 Å². The van der Waals surface area contributed by atoms with Gasteiger partial charge in [0.1, 0.15) is 11.5 Å². The van der Waals surface area contributed by atoms with Crippen molar-refractivity contribution >= 4 is 17.6 Å². The van der Waals surface area contributed by atoms with E-state index >= 15 is 0 Å². The second-order valence-electron chi connectivity index (χ2n) is 8.49. The van der Waals surface area contributed by atoms with Gasteiger partial charge in [0, 0.05) is 17.7 Å². The van der Waals surface area contributed by atoms with E-state index in [0.717, 1.165) is 12.8 Å². The first-order chi connectivity index (χ1) is 18.4. The van der Waals surface area contributed by atoms with Crippen molar-refractivity contribution in [2.75, 3.05) is 19.1 Å². The normalized spacial score (nSPS) is 15.3. The van der Waals surface area contributed by atoms with Crippen molar-refractivity contribution < 1.29 is 23.5 Å². The van der Waals surface area contributed by atoms with E-state index in [0.29, 0.717) is 35.0 Å². The van der Waals surface area contributed by atoms with Gasteiger partial charge in [0.05, 0.1) is 37.4 Å². The largest absolute Gasteiger partial charge is 0.466 e. The van der Waals surface area contributed by atoms with Crippen molar-refractivity contribution in [3.8, 4) is 17.5 Å². The number of methoxy groups -OCH3 is 2. The SMILES string of the molecule is CCCCc1nnc(-c2ccc(N3C(N)=C(C#N)C(c4ccccc4)C(C(=O)OC)=C3C(=O)OC)cc2)o1. The summed E-state index contributed by atoms with van der Waals surface area (Å²) in [6.07, 6.45) is 2.65. The van der Waals surface area contributed by atoms with Gasteiger partial charge < -0.3 is 19.6 Å². The number of hydrogen-bond acceptors (Lipinski definition) is 10. The lowest BCUT2D eigenvalue weighted by molar-refractivity contribution is -0.139. The number of carbonyl (C=O) groups is 2. The predicted molar refractivity (Wildman–Crippen MR) is 138 cm³/mol. The van der Waals surface area contributed by atoms with Crippen molar-refractivity contribution in [1.29, 1.82) is 5.26 Å². The second kappa shape index (κ2) is 11.4. The van der Waals surface area contributed by atoms with Crippen LogP contribution in [0.25, 0.3) is 11.5 Å². The average Bonchev–Trinajstić information content (AvgIpc) is 3.44. The summed E-state index contributed by atoms with van der Waals surface area (Å²) in [5, 5.41) is 18.3. The molecule has 0 saturated heterocycles. The monoisotopic (exact) mass is 513 g/mol. The van der Waals surface area contributed by atoms with Gasteiger partial charge in [0.15, 0.2) is 0 Å². The quantitative estimate of drug-likeness (QED) is 0.439. The molecule has 0 radical (unpaired) electrons. The fourth-order valence-corrected chi connectivity index (χ4v) is 4.33. The molecule has 2 heterocycles. The van der Waals surface area contributed by atoms with Crippen LogP contribution in [-0.2, 0) is 25.5 Å². The first-order valence-electron chi connectivity index (χ1n) is 12.0. The number of ether oxygens (including phenoxy) is 2. The van der Waals surface area contributed by atoms with Crippen LogP contribution in [0, 0.1) is 11.3 Å². The lowest BCUT2D eigenvalue weighted by Crippen LogP contribution is -2.40. The number of unbranched alkanes of at least 4 members (excludes halogenated alkanes) is 1. The number of nitrogens with two attached hydrogens (primary N) is 1. The summed E-state index contributed by atoms with van der Waals surface area (Å²) in [4.78, 5) is 27.6. The van der Waals surface area contributed by atoms with E-state index < -0.39 is 17.9 Å². The van der Waals surface area contributed by atoms with Crippen LogP contribution in [0.1, 0.15) is 37.1 Å². The maximum Gasteiger partial charge on any atom is 0.355 e. The van der Waals surface area contributed by atoms with Crippen LogP contribution in [0.3, 0.4) is 0 Å². The molecule has 1 aliphatic rings. The highest BCUT2D eigenvalue weighted by molar-refractivity contribution is 6.06. The van der Waals surface area contributed by atoms with Gasteiger partial charge in [-0.15, -0.1) is 10.2 Å². The maximum atomic E-state index is 13.2. The van der Waals surface area contributed by atoms with Crippen LogP contribution in [0.5, 0.6) is 0 Å². The summed E-state index contributed by atoms with van der Waals surface area (Å²) < 4.78 is 15.9. The summed E-state index contributed by atoms with van der Waals surface area (Å²) in [5.41, 5.74) is 8.08. The summed E-state index contributed by atoms with van der Waals surface area (Å²) in [6, 6.07) is 17.8. The molecule has 10 heteroatoms. The number of nitriles is 1. The molecule has 3 aromatic rings. The molecule has 0 spiro atoms. The molecule has 0 amide bonds. The number of esters is 2. The highest BCUT2D eigenvalue weighted by Gasteiger charge is 2.42. The zero-order valence-electron chi connectivity index (χ0n) is 21.3. The lowest BCUT2D eigenvalue weighted by Gasteiger charge is -2.35. The molecule has 0 bridgehead atoms. The van der Waals surface area contributed by atoms with Crippen LogP contribution in [0.2, 0.25) is 0 Å². The highest BCUT2D eigenvalue weighted by atomic mass is 16.5. The van der Waals surface area contributed by atoms with E-state index in [2.05, 4.69) is 23.2 Å². The van der Waals surface area contributed by atoms with Crippen molar-refractivity contribution in [3.05, 3.63) is 88.7 Å². The van der Waals surface area contributed by atoms with Crippen molar-refractivity contribution in [1.82, 2.24) is 10.2 Å². The Kier molecular flexibility index (Phi) is 7.87. The molecule has 38 heavy (non-hydrogen) atoms. The average molecular weight is 514 g/mol. The summed E-state index contributed by atoms with van der Waals surface area (Å²) >= 11 is 0. The van der Waals surface area contributed by atoms with Gasteiger partial charge in [0.25, 0.3) is 0 Å². The molecule has 0 fully saturated rings. The second-order valence-corrected chi connectivity index (χ2v) is 8.49. The van der Waals surface area contributed by atoms with E-state index in [1.54, 1.807) is 54.6 Å². The van der Waals surface area contributed by atoms with Gasteiger partial charge in [-0.05, 0) is 36.2 Å². The van der Waals surface area contributed by atoms with Crippen LogP contribution >= 0.6 is 0 Å². The molecule has 2 aromatic carbocycles. The van der Waals surface area contributed by atoms with Gasteiger partial charge in [-0.25, -0.2) is 9.59 Å². The third kappa shape index (κ3) is 4.86. The third-order valence-corrected chi connectivity index (χ3v) is 6.19. The molecule has 2 N–H and O–H groups in total. The van der Waals surface area contributed by atoms with E-state index in [4.69, 9.17) is 19.6 Å². The maximum absolute atomic E-state index is 13.2. The number of aryl methyl sites for hydroxylation is 1. The van der Waals surface area contributed by atoms with E-state index in [1.165, 1.54) is 19.1 Å². The Morgan fingerprint density at radius 1 is 1.05 bits per heavy atom. The number of aromatic nitrogens is 2. The molecule has 1 atom stereocenters. The number of carbonyl (C=O) groups excluding carboxylic acids is 2. The van der Waals surface area contributed by atoms with E-state index in [9.17, 15) is 14.9 Å². The number of nitrogens with zero attached hydrogens (tertiary/aromatic N) is 4. The summed E-state index contributed by atoms with van der Waals surface area (Å²) in [5.74, 6) is -1.64. The highest BCUT2D eigenvalue weighted by Crippen LogP contribution is 2.43. The number of anilines is 1. The molecule has 1 unspecified atom stereocenters. The van der Waals surface area contributed by atoms with Crippen LogP contribution < -0.4 is 10.6 Å². The fraction of sp³-hybridized carbons (Fsp3) is 0.250. The topological polar surface area (TPSA) is 145 Å². The van der Waals surface area contributed by atoms with Gasteiger partial charge >= 0.3 is 11.9 Å². The molecule has 1 aliphatic heterocycles. The third-order valence-electron chi connectivity index (χ3n) is 6.19. The first kappa shape index (κ1) is 26.2. The van der Waals surface area contributed by atoms with Gasteiger partial charge in [-0.1, -0.05) is 43.7 Å². The standard InChI is InChI=1S/C28H27N5O5/c1-4-5-11-21-31-32-26(38-21)18-12-14-19(15-13-18)33-24(28(35)37-3)23(27(34)36-2)22(20(16-29)25(33)30)17-9-7-6-8-10-17/h6-10,12-15,22H,4-5,11,30H2,1-3H3. The Morgan fingerprint density at radius 3 is 2.34 bits per heavy atom. The Balaban J connectivity index is 1.85. The number of allylic oxidation sites excluding steroid dienone is 1. The fourth-order valence-electron chi connectivity index (χ4n) is 4.33. The minimum atomic E-state index is -0.932. The zero-order chi connectivity index (χ0) is 27.2. The molecular formula is C28H27N5O5. The molecule has 1 aromatic heterocycles. The van der Waals surface area contributed by atoms with Gasteiger partial charge in [0.2, 0.25) is 11.8 Å². The molecule has 194 valence electrons. The molecular weight excluding hydrogens is 486 g/mol. The predicted octanol–water partition coefficient (Wildman–Crippen LogP) is 3.98. The van der Waals surface area contributed by atoms with Gasteiger partial charge in [-0.2, -0.15) is 5.26 Å². The van der Waals surface area contributed by atoms with Crippen molar-refractivity contribution in [2.24, 2.45) is 5.73 Å². The molecule has 10 nitrogen and oxygen atoms in total. The number of hydrogen-bond donors (Lipinski definition) is 1. The number of rotatable bonds is 8. The van der Waals surface area contributed by atoms with Gasteiger partial charge in [-0.3, -0.25) is 4.90 Å². The summed E-state index contributed by atoms with van der Waals surface area (Å²) in [7, 11) is 2.41. The minimum absolute atomic E-state index is 0.0122. The Hall–Kier alpha value is -4.91. The molecule has 4 rings (SSSR count). The summed E-state index contributed by atoms with van der Waals surface area (Å²) in [6.45, 7) is 2.08. The first-order valence-corrected chi connectivity index (χ1v) is 12.0. The molecule has 0 aliphatic carbocycles. The lowest BCUT2D eigenvalue weighted by atomic mass is 9.81. The van der Waals surface area contributed by atoms with E-state index in [1.807, 2.05) is 0 Å². The Labute approximate surface area is 220 Å².